The molecule has 0 unspecified atom stereocenters. The van der Waals surface area contributed by atoms with Crippen LogP contribution in [-0.4, -0.2) is 89.3 Å². The SMILES string of the molecule is Cc1ccc(S(=O)(=O)N2CC=C([C@]3(B(OC(C)C)OC(C)C)CCC(B4OC(C)(C)C(C)(C)O4)=C4CN(S(=O)(=O)c5ccc(C)cc5)C[C@@H]43)C2)cc1. The van der Waals surface area contributed by atoms with Gasteiger partial charge < -0.3 is 18.6 Å². The Labute approximate surface area is 312 Å². The molecule has 14 heteroatoms. The van der Waals surface area contributed by atoms with Gasteiger partial charge in [-0.05, 0) is 112 Å². The number of hydrogen-bond acceptors (Lipinski definition) is 8. The van der Waals surface area contributed by atoms with Gasteiger partial charge in [-0.1, -0.05) is 52.6 Å². The topological polar surface area (TPSA) is 112 Å². The summed E-state index contributed by atoms with van der Waals surface area (Å²) >= 11 is 0. The lowest BCUT2D eigenvalue weighted by Crippen LogP contribution is -2.51. The molecule has 52 heavy (non-hydrogen) atoms. The van der Waals surface area contributed by atoms with Crippen LogP contribution in [0.3, 0.4) is 0 Å². The van der Waals surface area contributed by atoms with E-state index < -0.39 is 56.7 Å². The maximum atomic E-state index is 14.4. The van der Waals surface area contributed by atoms with Crippen LogP contribution in [-0.2, 0) is 38.7 Å². The predicted molar refractivity (Wildman–Crippen MR) is 205 cm³/mol. The van der Waals surface area contributed by atoms with Crippen molar-refractivity contribution in [2.24, 2.45) is 5.92 Å². The van der Waals surface area contributed by atoms with Gasteiger partial charge in [0.25, 0.3) is 0 Å². The number of rotatable bonds is 11. The maximum Gasteiger partial charge on any atom is 0.490 e. The summed E-state index contributed by atoms with van der Waals surface area (Å²) in [5.74, 6) is -0.411. The van der Waals surface area contributed by atoms with Gasteiger partial charge in [0.15, 0.2) is 0 Å². The van der Waals surface area contributed by atoms with Crippen molar-refractivity contribution in [2.45, 2.75) is 121 Å². The van der Waals surface area contributed by atoms with Gasteiger partial charge in [0.1, 0.15) is 0 Å². The third kappa shape index (κ3) is 7.03. The molecule has 2 aromatic carbocycles. The van der Waals surface area contributed by atoms with Crippen molar-refractivity contribution in [3.8, 4) is 0 Å². The summed E-state index contributed by atoms with van der Waals surface area (Å²) in [6, 6.07) is 13.8. The zero-order chi connectivity index (χ0) is 38.0. The standard InChI is InChI=1S/C38H54B2N2O8S2/c1-26(2)47-40(48-27(3)4)38(30-20-22-41(23-30)51(43,44)31-15-11-28(5)12-16-31)21-19-35(39-49-36(7,8)37(9,10)50-39)33-24-42(25-34(33)38)52(45,46)32-17-13-29(6)14-18-32/h11-18,20,26-27,34H,19,21-25H2,1-10H3/t34-,38+/m0/s1. The molecule has 1 aliphatic carbocycles. The fourth-order valence-electron chi connectivity index (χ4n) is 7.95. The van der Waals surface area contributed by atoms with E-state index in [0.29, 0.717) is 12.8 Å². The molecule has 0 amide bonds. The monoisotopic (exact) mass is 752 g/mol. The van der Waals surface area contributed by atoms with Gasteiger partial charge in [0, 0.05) is 49.6 Å². The fraction of sp³-hybridized carbons (Fsp3) is 0.579. The Kier molecular flexibility index (Phi) is 10.7. The zero-order valence-electron chi connectivity index (χ0n) is 32.3. The Hall–Kier alpha value is -2.29. The van der Waals surface area contributed by atoms with E-state index in [0.717, 1.165) is 27.7 Å². The molecule has 0 spiro atoms. The fourth-order valence-corrected chi connectivity index (χ4v) is 10.7. The normalized spacial score (nSPS) is 25.3. The lowest BCUT2D eigenvalue weighted by Gasteiger charge is -2.48. The molecule has 0 radical (unpaired) electrons. The Bertz CT molecular complexity index is 1920. The number of aryl methyl sites for hydroxylation is 2. The third-order valence-corrected chi connectivity index (χ3v) is 15.2. The van der Waals surface area contributed by atoms with Crippen molar-refractivity contribution >= 4 is 34.3 Å². The maximum absolute atomic E-state index is 14.4. The number of allylic oxidation sites excluding steroid dienone is 1. The highest BCUT2D eigenvalue weighted by Crippen LogP contribution is 2.62. The van der Waals surface area contributed by atoms with Crippen LogP contribution in [0.2, 0.25) is 5.31 Å². The van der Waals surface area contributed by atoms with Crippen molar-refractivity contribution < 1.29 is 35.5 Å². The molecule has 0 N–H and O–H groups in total. The highest BCUT2D eigenvalue weighted by molar-refractivity contribution is 7.89. The third-order valence-electron chi connectivity index (χ3n) is 11.5. The summed E-state index contributed by atoms with van der Waals surface area (Å²) in [6.45, 7) is 20.4. The van der Waals surface area contributed by atoms with Crippen LogP contribution in [0, 0.1) is 19.8 Å². The molecule has 3 aliphatic heterocycles. The van der Waals surface area contributed by atoms with Crippen molar-refractivity contribution in [3.05, 3.63) is 82.4 Å². The second-order valence-electron chi connectivity index (χ2n) is 16.4. The smallest absolute Gasteiger partial charge is 0.408 e. The molecule has 282 valence electrons. The summed E-state index contributed by atoms with van der Waals surface area (Å²) in [5, 5.41) is -0.897. The minimum absolute atomic E-state index is 0.135. The Morgan fingerprint density at radius 1 is 0.769 bits per heavy atom. The van der Waals surface area contributed by atoms with Gasteiger partial charge >= 0.3 is 14.2 Å². The van der Waals surface area contributed by atoms with Gasteiger partial charge in [-0.3, -0.25) is 0 Å². The molecule has 2 saturated heterocycles. The average molecular weight is 753 g/mol. The highest BCUT2D eigenvalue weighted by atomic mass is 32.2. The lowest BCUT2D eigenvalue weighted by molar-refractivity contribution is 0.00578. The Balaban J connectivity index is 1.50. The van der Waals surface area contributed by atoms with Crippen LogP contribution < -0.4 is 0 Å². The summed E-state index contributed by atoms with van der Waals surface area (Å²) in [5.41, 5.74) is 3.50. The summed E-state index contributed by atoms with van der Waals surface area (Å²) in [6.07, 6.45) is 2.61. The molecular weight excluding hydrogens is 698 g/mol. The van der Waals surface area contributed by atoms with Crippen LogP contribution in [0.1, 0.15) is 79.4 Å². The van der Waals surface area contributed by atoms with Crippen molar-refractivity contribution in [1.82, 2.24) is 8.61 Å². The van der Waals surface area contributed by atoms with Gasteiger partial charge in [-0.25, -0.2) is 16.8 Å². The van der Waals surface area contributed by atoms with E-state index in [4.69, 9.17) is 18.6 Å². The zero-order valence-corrected chi connectivity index (χ0v) is 33.9. The van der Waals surface area contributed by atoms with E-state index in [1.807, 2.05) is 87.4 Å². The second-order valence-corrected chi connectivity index (χ2v) is 20.3. The highest BCUT2D eigenvalue weighted by Gasteiger charge is 2.63. The van der Waals surface area contributed by atoms with E-state index in [1.54, 1.807) is 40.7 Å². The molecule has 2 aromatic rings. The van der Waals surface area contributed by atoms with Gasteiger partial charge in [-0.15, -0.1) is 0 Å². The number of fused-ring (bicyclic) bond motifs is 1. The first-order valence-corrected chi connectivity index (χ1v) is 21.3. The minimum Gasteiger partial charge on any atom is -0.408 e. The molecule has 4 aliphatic rings. The first kappa shape index (κ1) is 39.4. The van der Waals surface area contributed by atoms with Gasteiger partial charge in [0.2, 0.25) is 20.0 Å². The Morgan fingerprint density at radius 2 is 1.25 bits per heavy atom. The van der Waals surface area contributed by atoms with Crippen molar-refractivity contribution in [2.75, 3.05) is 26.2 Å². The molecular formula is C38H54B2N2O8S2. The summed E-state index contributed by atoms with van der Waals surface area (Å²) in [7, 11) is -9.19. The second kappa shape index (κ2) is 14.1. The van der Waals surface area contributed by atoms with Crippen LogP contribution >= 0.6 is 0 Å². The lowest BCUT2D eigenvalue weighted by atomic mass is 9.41. The number of nitrogens with zero attached hydrogens (tertiary/aromatic N) is 2. The van der Waals surface area contributed by atoms with E-state index >= 15 is 0 Å². The molecule has 0 aromatic heterocycles. The number of benzene rings is 2. The van der Waals surface area contributed by atoms with Crippen LogP contribution in [0.5, 0.6) is 0 Å². The number of sulfonamides is 2. The first-order valence-electron chi connectivity index (χ1n) is 18.4. The molecule has 2 atom stereocenters. The summed E-state index contributed by atoms with van der Waals surface area (Å²) < 4.78 is 86.6. The van der Waals surface area contributed by atoms with E-state index in [9.17, 15) is 16.8 Å². The van der Waals surface area contributed by atoms with Crippen molar-refractivity contribution in [1.29, 1.82) is 0 Å². The van der Waals surface area contributed by atoms with Crippen LogP contribution in [0.4, 0.5) is 0 Å². The number of hydrogen-bond donors (Lipinski definition) is 0. The van der Waals surface area contributed by atoms with E-state index in [2.05, 4.69) is 0 Å². The predicted octanol–water partition coefficient (Wildman–Crippen LogP) is 6.36. The first-order chi connectivity index (χ1) is 24.2. The quantitative estimate of drug-likeness (QED) is 0.193. The molecule has 2 fully saturated rings. The molecule has 0 saturated carbocycles. The van der Waals surface area contributed by atoms with Crippen molar-refractivity contribution in [3.63, 3.8) is 0 Å². The van der Waals surface area contributed by atoms with E-state index in [1.165, 1.54) is 4.31 Å². The van der Waals surface area contributed by atoms with E-state index in [-0.39, 0.29) is 48.2 Å². The average Bonchev–Trinajstić information content (AvgIpc) is 3.78. The minimum atomic E-state index is -3.92. The molecule has 10 nitrogen and oxygen atoms in total. The Morgan fingerprint density at radius 3 is 1.73 bits per heavy atom. The van der Waals surface area contributed by atoms with Crippen LogP contribution in [0.15, 0.2) is 81.0 Å². The van der Waals surface area contributed by atoms with Gasteiger partial charge in [-0.2, -0.15) is 8.61 Å². The molecule has 0 bridgehead atoms. The van der Waals surface area contributed by atoms with Crippen LogP contribution in [0.25, 0.3) is 0 Å². The molecule has 3 heterocycles. The largest absolute Gasteiger partial charge is 0.490 e. The molecule has 6 rings (SSSR count). The summed E-state index contributed by atoms with van der Waals surface area (Å²) in [4.78, 5) is 0.461. The van der Waals surface area contributed by atoms with Gasteiger partial charge in [0.05, 0.1) is 21.0 Å².